The molecule has 35 heavy (non-hydrogen) atoms. The van der Waals surface area contributed by atoms with Crippen molar-refractivity contribution >= 4 is 51.2 Å². The van der Waals surface area contributed by atoms with Crippen molar-refractivity contribution < 1.29 is 33.6 Å². The van der Waals surface area contributed by atoms with Gasteiger partial charge in [-0.05, 0) is 46.5 Å². The van der Waals surface area contributed by atoms with Crippen LogP contribution in [0.2, 0.25) is 0 Å². The van der Waals surface area contributed by atoms with Crippen molar-refractivity contribution in [3.63, 3.8) is 0 Å². The third-order valence-electron chi connectivity index (χ3n) is 5.07. The number of esters is 2. The smallest absolute Gasteiger partial charge is 0.308 e. The number of benzene rings is 2. The maximum absolute atomic E-state index is 13.1. The summed E-state index contributed by atoms with van der Waals surface area (Å²) in [6, 6.07) is 10.1. The molecule has 2 aromatic carbocycles. The van der Waals surface area contributed by atoms with Gasteiger partial charge in [0.25, 0.3) is 17.0 Å². The number of aromatic nitrogens is 3. The maximum atomic E-state index is 13.1. The molecule has 10 nitrogen and oxygen atoms in total. The van der Waals surface area contributed by atoms with Crippen LogP contribution in [-0.4, -0.2) is 34.2 Å². The molecule has 180 valence electrons. The Morgan fingerprint density at radius 3 is 2.43 bits per heavy atom. The summed E-state index contributed by atoms with van der Waals surface area (Å²) in [7, 11) is 0. The topological polar surface area (TPSA) is 126 Å². The first-order valence-electron chi connectivity index (χ1n) is 10.3. The highest BCUT2D eigenvalue weighted by molar-refractivity contribution is 9.10. The predicted molar refractivity (Wildman–Crippen MR) is 127 cm³/mol. The second-order valence-corrected chi connectivity index (χ2v) is 9.12. The molecule has 2 heterocycles. The Labute approximate surface area is 213 Å². The van der Waals surface area contributed by atoms with Crippen molar-refractivity contribution in [3.8, 4) is 28.6 Å². The zero-order valence-electron chi connectivity index (χ0n) is 19.1. The highest BCUT2D eigenvalue weighted by Gasteiger charge is 2.44. The van der Waals surface area contributed by atoms with Crippen LogP contribution in [0.4, 0.5) is 5.69 Å². The number of hydrogen-bond donors (Lipinski definition) is 0. The summed E-state index contributed by atoms with van der Waals surface area (Å²) in [5.74, 6) is -2.10. The lowest BCUT2D eigenvalue weighted by atomic mass is 10.0. The molecule has 0 bridgehead atoms. The van der Waals surface area contributed by atoms with Crippen LogP contribution in [-0.2, 0) is 14.4 Å². The molecule has 1 atom stereocenters. The molecule has 4 rings (SSSR count). The van der Waals surface area contributed by atoms with Gasteiger partial charge in [0.05, 0.1) is 27.2 Å². The van der Waals surface area contributed by atoms with Gasteiger partial charge in [-0.2, -0.15) is 0 Å². The molecule has 1 aliphatic heterocycles. The van der Waals surface area contributed by atoms with Gasteiger partial charge >= 0.3 is 11.9 Å². The van der Waals surface area contributed by atoms with Crippen LogP contribution in [0.1, 0.15) is 32.5 Å². The lowest BCUT2D eigenvalue weighted by Crippen LogP contribution is -2.58. The summed E-state index contributed by atoms with van der Waals surface area (Å²) in [6.45, 7) is 3.83. The largest absolute Gasteiger partial charge is 0.854 e. The number of fused-ring (bicyclic) bond motifs is 3. The van der Waals surface area contributed by atoms with Gasteiger partial charge in [-0.15, -0.1) is 0 Å². The zero-order chi connectivity index (χ0) is 25.4. The fraction of sp³-hybridized carbons (Fsp3) is 0.217. The Hall–Kier alpha value is -3.51. The van der Waals surface area contributed by atoms with E-state index in [1.165, 1.54) is 48.2 Å². The standard InChI is InChI=1S/C23H19BrN4O6S/c1-11(29)27-17-8-6-5-7-15(17)19-21(32)25-23(35-4)26-28(19)22(27)14-9-16(24)20(34-13(3)31)18(10-14)33-12(2)30/h5-10,22H,1-4H3. The van der Waals surface area contributed by atoms with Crippen LogP contribution in [0.15, 0.2) is 46.0 Å². The first-order valence-corrected chi connectivity index (χ1v) is 12.3. The Bertz CT molecular complexity index is 1380. The second-order valence-electron chi connectivity index (χ2n) is 7.49. The van der Waals surface area contributed by atoms with Crippen molar-refractivity contribution in [2.75, 3.05) is 11.2 Å². The van der Waals surface area contributed by atoms with E-state index in [1.807, 2.05) is 0 Å². The van der Waals surface area contributed by atoms with Gasteiger partial charge in [0.1, 0.15) is 0 Å². The van der Waals surface area contributed by atoms with Crippen molar-refractivity contribution in [1.29, 1.82) is 0 Å². The highest BCUT2D eigenvalue weighted by Crippen LogP contribution is 2.44. The van der Waals surface area contributed by atoms with Crippen LogP contribution in [0.5, 0.6) is 17.4 Å². The average molecular weight is 559 g/mol. The van der Waals surface area contributed by atoms with Gasteiger partial charge in [-0.1, -0.05) is 28.6 Å². The number of rotatable bonds is 4. The SMILES string of the molecule is CSc1nc([O-])c2[n+](n1)C(c1cc(Br)c(OC(C)=O)c(OC(C)=O)c1)N(C(C)=O)c1ccccc1-2. The van der Waals surface area contributed by atoms with Crippen molar-refractivity contribution in [2.45, 2.75) is 32.1 Å². The van der Waals surface area contributed by atoms with Crippen LogP contribution in [0, 0.1) is 0 Å². The number of amides is 1. The average Bonchev–Trinajstić information content (AvgIpc) is 2.79. The number of carbonyl (C=O) groups excluding carboxylic acids is 3. The molecular formula is C23H19BrN4O6S. The van der Waals surface area contributed by atoms with E-state index in [0.717, 1.165) is 0 Å². The van der Waals surface area contributed by atoms with Crippen LogP contribution >= 0.6 is 27.7 Å². The number of thioether (sulfide) groups is 1. The molecule has 0 saturated heterocycles. The van der Waals surface area contributed by atoms with Gasteiger partial charge < -0.3 is 14.6 Å². The van der Waals surface area contributed by atoms with E-state index in [2.05, 4.69) is 26.0 Å². The fourth-order valence-electron chi connectivity index (χ4n) is 3.87. The van der Waals surface area contributed by atoms with E-state index in [0.29, 0.717) is 21.3 Å². The molecule has 0 spiro atoms. The van der Waals surface area contributed by atoms with Crippen LogP contribution < -0.4 is 24.2 Å². The van der Waals surface area contributed by atoms with Gasteiger partial charge in [0.2, 0.25) is 5.91 Å². The molecule has 0 radical (unpaired) electrons. The van der Waals surface area contributed by atoms with Crippen molar-refractivity contribution in [1.82, 2.24) is 10.1 Å². The number of anilines is 1. The summed E-state index contributed by atoms with van der Waals surface area (Å²) in [5.41, 5.74) is 1.64. The quantitative estimate of drug-likeness (QED) is 0.205. The van der Waals surface area contributed by atoms with E-state index in [9.17, 15) is 19.5 Å². The minimum atomic E-state index is -0.934. The summed E-state index contributed by atoms with van der Waals surface area (Å²) in [5, 5.41) is 17.9. The van der Waals surface area contributed by atoms with E-state index >= 15 is 0 Å². The second kappa shape index (κ2) is 9.62. The number of para-hydroxylation sites is 1. The number of halogens is 1. The molecule has 0 aliphatic carbocycles. The molecule has 0 N–H and O–H groups in total. The molecule has 3 aromatic rings. The van der Waals surface area contributed by atoms with Crippen molar-refractivity contribution in [3.05, 3.63) is 46.4 Å². The molecule has 12 heteroatoms. The van der Waals surface area contributed by atoms with Crippen LogP contribution in [0.25, 0.3) is 11.3 Å². The normalized spacial score (nSPS) is 14.1. The summed E-state index contributed by atoms with van der Waals surface area (Å²) >= 11 is 4.56. The molecule has 0 saturated carbocycles. The highest BCUT2D eigenvalue weighted by atomic mass is 79.9. The Morgan fingerprint density at radius 2 is 1.80 bits per heavy atom. The summed E-state index contributed by atoms with van der Waals surface area (Å²) < 4.78 is 12.3. The lowest BCUT2D eigenvalue weighted by molar-refractivity contribution is -0.764. The number of hydrogen-bond acceptors (Lipinski definition) is 9. The third-order valence-corrected chi connectivity index (χ3v) is 6.20. The minimum Gasteiger partial charge on any atom is -0.854 e. The molecule has 1 aromatic heterocycles. The number of carbonyl (C=O) groups is 3. The van der Waals surface area contributed by atoms with E-state index in [1.54, 1.807) is 36.6 Å². The Balaban J connectivity index is 2.04. The van der Waals surface area contributed by atoms with Gasteiger partial charge in [0.15, 0.2) is 11.5 Å². The van der Waals surface area contributed by atoms with E-state index < -0.39 is 24.0 Å². The predicted octanol–water partition coefficient (Wildman–Crippen LogP) is 2.75. The zero-order valence-corrected chi connectivity index (χ0v) is 21.5. The first-order chi connectivity index (χ1) is 16.6. The summed E-state index contributed by atoms with van der Waals surface area (Å²) in [6.07, 6.45) is 0.801. The van der Waals surface area contributed by atoms with E-state index in [4.69, 9.17) is 9.47 Å². The third kappa shape index (κ3) is 4.58. The monoisotopic (exact) mass is 558 g/mol. The van der Waals surface area contributed by atoms with Crippen molar-refractivity contribution in [2.24, 2.45) is 0 Å². The Morgan fingerprint density at radius 1 is 1.11 bits per heavy atom. The molecule has 1 unspecified atom stereocenters. The number of ether oxygens (including phenoxy) is 2. The summed E-state index contributed by atoms with van der Waals surface area (Å²) in [4.78, 5) is 42.0. The van der Waals surface area contributed by atoms with E-state index in [-0.39, 0.29) is 28.3 Å². The lowest BCUT2D eigenvalue weighted by Gasteiger charge is -2.33. The maximum Gasteiger partial charge on any atom is 0.308 e. The van der Waals surface area contributed by atoms with Gasteiger partial charge in [-0.25, -0.2) is 9.88 Å². The number of nitrogens with zero attached hydrogens (tertiary/aromatic N) is 4. The van der Waals surface area contributed by atoms with Crippen LogP contribution in [0.3, 0.4) is 0 Å². The molecule has 0 fully saturated rings. The Kier molecular flexibility index (Phi) is 6.77. The van der Waals surface area contributed by atoms with Gasteiger partial charge in [-0.3, -0.25) is 14.4 Å². The molecule has 1 amide bonds. The fourth-order valence-corrected chi connectivity index (χ4v) is 4.76. The molecular weight excluding hydrogens is 540 g/mol. The molecule has 1 aliphatic rings. The minimum absolute atomic E-state index is 0.00395. The van der Waals surface area contributed by atoms with Gasteiger partial charge in [0, 0.05) is 25.9 Å². The first kappa shape index (κ1) is 24.6.